The number of nitrogens with zero attached hydrogens (tertiary/aromatic N) is 4. The van der Waals surface area contributed by atoms with Gasteiger partial charge in [-0.1, -0.05) is 17.3 Å². The first-order valence-corrected chi connectivity index (χ1v) is 7.16. The lowest BCUT2D eigenvalue weighted by atomic mass is 10.2. The first kappa shape index (κ1) is 14.0. The van der Waals surface area contributed by atoms with Crippen molar-refractivity contribution < 1.29 is 12.9 Å². The lowest BCUT2D eigenvalue weighted by Gasteiger charge is -1.92. The van der Waals surface area contributed by atoms with Crippen LogP contribution < -0.4 is 5.14 Å². The third-order valence-electron chi connectivity index (χ3n) is 2.19. The van der Waals surface area contributed by atoms with Gasteiger partial charge in [-0.15, -0.1) is 0 Å². The molecular weight excluding hydrogens is 282 g/mol. The molecule has 0 spiro atoms. The maximum Gasteiger partial charge on any atom is 0.214 e. The van der Waals surface area contributed by atoms with Crippen LogP contribution in [0, 0.1) is 0 Å². The van der Waals surface area contributed by atoms with Gasteiger partial charge in [0.1, 0.15) is 30.4 Å². The fourth-order valence-corrected chi connectivity index (χ4v) is 2.03. The van der Waals surface area contributed by atoms with E-state index in [9.17, 15) is 8.42 Å². The smallest absolute Gasteiger partial charge is 0.214 e. The van der Waals surface area contributed by atoms with Gasteiger partial charge in [0.15, 0.2) is 5.58 Å². The summed E-state index contributed by atoms with van der Waals surface area (Å²) in [6.07, 6.45) is 4.31. The SMILES string of the molecule is NS(=O)(=O)Cc1noc2ccccc12.c1ncncn1. The summed E-state index contributed by atoms with van der Waals surface area (Å²) in [5.74, 6) is -0.302. The normalized spacial score (nSPS) is 10.8. The number of rotatable bonds is 2. The van der Waals surface area contributed by atoms with Gasteiger partial charge >= 0.3 is 0 Å². The molecule has 3 rings (SSSR count). The fraction of sp³-hybridized carbons (Fsp3) is 0.0909. The van der Waals surface area contributed by atoms with Gasteiger partial charge in [-0.05, 0) is 12.1 Å². The third kappa shape index (κ3) is 4.07. The number of para-hydroxylation sites is 1. The highest BCUT2D eigenvalue weighted by Gasteiger charge is 2.12. The minimum atomic E-state index is -3.56. The van der Waals surface area contributed by atoms with Crippen LogP contribution in [0.1, 0.15) is 5.69 Å². The molecule has 0 saturated heterocycles. The summed E-state index contributed by atoms with van der Waals surface area (Å²) < 4.78 is 26.6. The van der Waals surface area contributed by atoms with E-state index in [1.54, 1.807) is 24.3 Å². The maximum atomic E-state index is 10.8. The largest absolute Gasteiger partial charge is 0.356 e. The van der Waals surface area contributed by atoms with Crippen LogP contribution in [-0.2, 0) is 15.8 Å². The number of fused-ring (bicyclic) bond motifs is 1. The highest BCUT2D eigenvalue weighted by molar-refractivity contribution is 7.88. The average molecular weight is 293 g/mol. The summed E-state index contributed by atoms with van der Waals surface area (Å²) in [4.78, 5) is 10.7. The predicted molar refractivity (Wildman–Crippen MR) is 70.6 cm³/mol. The molecular formula is C11H11N5O3S. The van der Waals surface area contributed by atoms with Crippen LogP contribution in [-0.4, -0.2) is 28.5 Å². The van der Waals surface area contributed by atoms with Crippen LogP contribution in [0.2, 0.25) is 0 Å². The number of sulfonamides is 1. The molecule has 2 heterocycles. The van der Waals surface area contributed by atoms with E-state index >= 15 is 0 Å². The second-order valence-electron chi connectivity index (χ2n) is 3.73. The molecule has 2 aromatic heterocycles. The highest BCUT2D eigenvalue weighted by Crippen LogP contribution is 2.18. The molecule has 104 valence electrons. The van der Waals surface area contributed by atoms with E-state index in [4.69, 9.17) is 9.66 Å². The van der Waals surface area contributed by atoms with Crippen molar-refractivity contribution >= 4 is 21.0 Å². The minimum Gasteiger partial charge on any atom is -0.356 e. The van der Waals surface area contributed by atoms with Gasteiger partial charge in [0, 0.05) is 5.39 Å². The van der Waals surface area contributed by atoms with E-state index in [0.29, 0.717) is 16.7 Å². The molecule has 0 saturated carbocycles. The van der Waals surface area contributed by atoms with Crippen molar-refractivity contribution in [1.29, 1.82) is 0 Å². The van der Waals surface area contributed by atoms with Crippen LogP contribution in [0.15, 0.2) is 47.8 Å². The fourth-order valence-electron chi connectivity index (χ4n) is 1.44. The van der Waals surface area contributed by atoms with Gasteiger partial charge in [-0.2, -0.15) is 0 Å². The van der Waals surface area contributed by atoms with Crippen molar-refractivity contribution in [3.63, 3.8) is 0 Å². The number of benzene rings is 1. The van der Waals surface area contributed by atoms with Gasteiger partial charge in [0.2, 0.25) is 10.0 Å². The van der Waals surface area contributed by atoms with Crippen molar-refractivity contribution in [2.24, 2.45) is 5.14 Å². The predicted octanol–water partition coefficient (Wildman–Crippen LogP) is 0.488. The van der Waals surface area contributed by atoms with Gasteiger partial charge in [0.05, 0.1) is 0 Å². The molecule has 0 radical (unpaired) electrons. The van der Waals surface area contributed by atoms with Crippen LogP contribution in [0.25, 0.3) is 11.0 Å². The second kappa shape index (κ2) is 6.17. The van der Waals surface area contributed by atoms with E-state index in [0.717, 1.165) is 0 Å². The Hall–Kier alpha value is -2.39. The van der Waals surface area contributed by atoms with Crippen LogP contribution >= 0.6 is 0 Å². The summed E-state index contributed by atoms with van der Waals surface area (Å²) in [5, 5.41) is 9.24. The summed E-state index contributed by atoms with van der Waals surface area (Å²) in [6, 6.07) is 7.03. The zero-order valence-corrected chi connectivity index (χ0v) is 11.1. The minimum absolute atomic E-state index is 0.302. The van der Waals surface area contributed by atoms with Crippen LogP contribution in [0.4, 0.5) is 0 Å². The molecule has 0 bridgehead atoms. The molecule has 0 unspecified atom stereocenters. The molecule has 20 heavy (non-hydrogen) atoms. The first-order valence-electron chi connectivity index (χ1n) is 5.45. The summed E-state index contributed by atoms with van der Waals surface area (Å²) in [5.41, 5.74) is 0.911. The van der Waals surface area contributed by atoms with Crippen molar-refractivity contribution in [2.75, 3.05) is 0 Å². The standard InChI is InChI=1S/C8H8N2O3S.C3H3N3/c9-14(11,12)5-7-6-3-1-2-4-8(6)13-10-7;1-4-2-6-3-5-1/h1-4H,5H2,(H2,9,11,12);1-3H. The number of nitrogens with two attached hydrogens (primary N) is 1. The number of aromatic nitrogens is 4. The van der Waals surface area contributed by atoms with Gasteiger partial charge < -0.3 is 4.52 Å². The van der Waals surface area contributed by atoms with Gasteiger partial charge in [-0.25, -0.2) is 28.5 Å². The van der Waals surface area contributed by atoms with E-state index in [1.807, 2.05) is 0 Å². The Balaban J connectivity index is 0.000000205. The Morgan fingerprint density at radius 2 is 1.65 bits per heavy atom. The Morgan fingerprint density at radius 3 is 2.20 bits per heavy atom. The monoisotopic (exact) mass is 293 g/mol. The van der Waals surface area contributed by atoms with E-state index in [1.165, 1.54) is 19.0 Å². The molecule has 2 N–H and O–H groups in total. The zero-order chi connectivity index (χ0) is 14.4. The Morgan fingerprint density at radius 1 is 1.05 bits per heavy atom. The topological polar surface area (TPSA) is 125 Å². The number of hydrogen-bond acceptors (Lipinski definition) is 7. The molecule has 0 aliphatic rings. The third-order valence-corrected chi connectivity index (χ3v) is 2.87. The molecule has 0 fully saturated rings. The number of primary sulfonamides is 1. The molecule has 9 heteroatoms. The second-order valence-corrected chi connectivity index (χ2v) is 5.34. The van der Waals surface area contributed by atoms with Crippen molar-refractivity contribution in [2.45, 2.75) is 5.75 Å². The van der Waals surface area contributed by atoms with E-state index < -0.39 is 10.0 Å². The summed E-state index contributed by atoms with van der Waals surface area (Å²) in [7, 11) is -3.56. The molecule has 0 aliphatic heterocycles. The quantitative estimate of drug-likeness (QED) is 0.728. The van der Waals surface area contributed by atoms with Crippen molar-refractivity contribution in [1.82, 2.24) is 20.1 Å². The van der Waals surface area contributed by atoms with E-state index in [-0.39, 0.29) is 5.75 Å². The molecule has 8 nitrogen and oxygen atoms in total. The highest BCUT2D eigenvalue weighted by atomic mass is 32.2. The summed E-state index contributed by atoms with van der Waals surface area (Å²) in [6.45, 7) is 0. The molecule has 0 amide bonds. The van der Waals surface area contributed by atoms with E-state index in [2.05, 4.69) is 20.1 Å². The van der Waals surface area contributed by atoms with Gasteiger partial charge in [0.25, 0.3) is 0 Å². The molecule has 1 aromatic carbocycles. The van der Waals surface area contributed by atoms with Crippen LogP contribution in [0.3, 0.4) is 0 Å². The zero-order valence-electron chi connectivity index (χ0n) is 10.2. The number of hydrogen-bond donors (Lipinski definition) is 1. The lowest BCUT2D eigenvalue weighted by Crippen LogP contribution is -2.14. The average Bonchev–Trinajstić information content (AvgIpc) is 2.83. The molecule has 3 aromatic rings. The Kier molecular flexibility index (Phi) is 4.33. The maximum absolute atomic E-state index is 10.8. The van der Waals surface area contributed by atoms with Crippen LogP contribution in [0.5, 0.6) is 0 Å². The summed E-state index contributed by atoms with van der Waals surface area (Å²) >= 11 is 0. The first-order chi connectivity index (χ1) is 9.56. The molecule has 0 atom stereocenters. The Labute approximate surface area is 114 Å². The van der Waals surface area contributed by atoms with Crippen molar-refractivity contribution in [3.05, 3.63) is 48.9 Å². The van der Waals surface area contributed by atoms with Crippen molar-refractivity contribution in [3.8, 4) is 0 Å². The van der Waals surface area contributed by atoms with Gasteiger partial charge in [-0.3, -0.25) is 0 Å². The molecule has 0 aliphatic carbocycles. The Bertz CT molecular complexity index is 746. The lowest BCUT2D eigenvalue weighted by molar-refractivity contribution is 0.448.